The Morgan fingerprint density at radius 2 is 1.91 bits per heavy atom. The largest absolute Gasteiger partial charge is 0.396 e. The Balaban J connectivity index is 2.71. The fourth-order valence-electron chi connectivity index (χ4n) is 2.00. The molecule has 0 bridgehead atoms. The molecule has 3 N–H and O–H groups in total. The van der Waals surface area contributed by atoms with Crippen molar-refractivity contribution < 1.29 is 14.7 Å². The van der Waals surface area contributed by atoms with Crippen molar-refractivity contribution in [2.45, 2.75) is 33.7 Å². The van der Waals surface area contributed by atoms with E-state index in [2.05, 4.69) is 10.6 Å². The van der Waals surface area contributed by atoms with Gasteiger partial charge in [-0.05, 0) is 30.9 Å². The highest BCUT2D eigenvalue weighted by molar-refractivity contribution is 5.97. The lowest BCUT2D eigenvalue weighted by Gasteiger charge is -2.22. The molecule has 5 heteroatoms. The Kier molecular flexibility index (Phi) is 7.05. The van der Waals surface area contributed by atoms with E-state index in [1.807, 2.05) is 39.8 Å². The molecule has 1 aromatic carbocycles. The number of rotatable bonds is 7. The highest BCUT2D eigenvalue weighted by atomic mass is 16.3. The summed E-state index contributed by atoms with van der Waals surface area (Å²) >= 11 is 0. The number of carbonyl (C=O) groups excluding carboxylic acids is 2. The molecule has 0 radical (unpaired) electrons. The molecule has 0 aliphatic heterocycles. The first-order chi connectivity index (χ1) is 10.3. The van der Waals surface area contributed by atoms with Gasteiger partial charge in [-0.1, -0.05) is 38.5 Å². The van der Waals surface area contributed by atoms with Gasteiger partial charge in [0.2, 0.25) is 5.91 Å². The van der Waals surface area contributed by atoms with E-state index < -0.39 is 6.04 Å². The van der Waals surface area contributed by atoms with E-state index in [-0.39, 0.29) is 30.3 Å². The molecule has 2 atom stereocenters. The molecular formula is C17H26N2O3. The van der Waals surface area contributed by atoms with Gasteiger partial charge in [0.15, 0.2) is 0 Å². The second kappa shape index (κ2) is 8.54. The maximum Gasteiger partial charge on any atom is 0.251 e. The van der Waals surface area contributed by atoms with E-state index in [1.165, 1.54) is 0 Å². The summed E-state index contributed by atoms with van der Waals surface area (Å²) in [6.45, 7) is 7.93. The average Bonchev–Trinajstić information content (AvgIpc) is 2.49. The summed E-state index contributed by atoms with van der Waals surface area (Å²) in [5.41, 5.74) is 1.54. The van der Waals surface area contributed by atoms with E-state index in [1.54, 1.807) is 12.1 Å². The molecule has 22 heavy (non-hydrogen) atoms. The summed E-state index contributed by atoms with van der Waals surface area (Å²) in [5, 5.41) is 14.6. The highest BCUT2D eigenvalue weighted by Crippen LogP contribution is 2.07. The van der Waals surface area contributed by atoms with Gasteiger partial charge in [-0.25, -0.2) is 0 Å². The van der Waals surface area contributed by atoms with Crippen LogP contribution < -0.4 is 10.6 Å². The zero-order valence-corrected chi connectivity index (χ0v) is 13.7. The Morgan fingerprint density at radius 3 is 2.45 bits per heavy atom. The van der Waals surface area contributed by atoms with Crippen LogP contribution in [0.4, 0.5) is 0 Å². The van der Waals surface area contributed by atoms with Gasteiger partial charge in [0.25, 0.3) is 5.91 Å². The number of nitrogens with one attached hydrogen (secondary N) is 2. The average molecular weight is 306 g/mol. The molecule has 1 aromatic rings. The molecule has 122 valence electrons. The molecule has 0 spiro atoms. The molecule has 0 fully saturated rings. The van der Waals surface area contributed by atoms with Crippen LogP contribution in [-0.2, 0) is 4.79 Å². The molecule has 0 saturated heterocycles. The fraction of sp³-hybridized carbons (Fsp3) is 0.529. The number of aryl methyl sites for hydroxylation is 1. The van der Waals surface area contributed by atoms with Crippen LogP contribution in [0.3, 0.4) is 0 Å². The smallest absolute Gasteiger partial charge is 0.251 e. The van der Waals surface area contributed by atoms with E-state index in [0.29, 0.717) is 12.1 Å². The van der Waals surface area contributed by atoms with Gasteiger partial charge in [0.1, 0.15) is 6.04 Å². The third-order valence-electron chi connectivity index (χ3n) is 3.45. The highest BCUT2D eigenvalue weighted by Gasteiger charge is 2.24. The lowest BCUT2D eigenvalue weighted by atomic mass is 10.0. The van der Waals surface area contributed by atoms with Crippen LogP contribution >= 0.6 is 0 Å². The molecule has 0 heterocycles. The van der Waals surface area contributed by atoms with Crippen LogP contribution in [0.5, 0.6) is 0 Å². The third-order valence-corrected chi connectivity index (χ3v) is 3.45. The minimum atomic E-state index is -0.598. The molecule has 0 aromatic heterocycles. The number of hydrogen-bond acceptors (Lipinski definition) is 3. The van der Waals surface area contributed by atoms with Crippen LogP contribution in [0.1, 0.15) is 36.7 Å². The van der Waals surface area contributed by atoms with Gasteiger partial charge in [-0.3, -0.25) is 9.59 Å². The predicted octanol–water partition coefficient (Wildman–Crippen LogP) is 1.49. The summed E-state index contributed by atoms with van der Waals surface area (Å²) in [5.74, 6) is -0.522. The van der Waals surface area contributed by atoms with Gasteiger partial charge in [-0.2, -0.15) is 0 Å². The quantitative estimate of drug-likeness (QED) is 0.714. The minimum Gasteiger partial charge on any atom is -0.396 e. The fourth-order valence-corrected chi connectivity index (χ4v) is 2.00. The lowest BCUT2D eigenvalue weighted by Crippen LogP contribution is -2.50. The third kappa shape index (κ3) is 5.48. The first kappa shape index (κ1) is 18.2. The maximum atomic E-state index is 12.3. The first-order valence-corrected chi connectivity index (χ1v) is 7.61. The van der Waals surface area contributed by atoms with Crippen LogP contribution in [0, 0.1) is 18.8 Å². The molecular weight excluding hydrogens is 280 g/mol. The standard InChI is InChI=1S/C17H26N2O3/c1-11(2)15(17(22)18-9-13(4)10-20)19-16(21)14-7-5-6-12(3)8-14/h5-8,11,13,15,20H,9-10H2,1-4H3,(H,18,22)(H,19,21). The predicted molar refractivity (Wildman–Crippen MR) is 86.5 cm³/mol. The summed E-state index contributed by atoms with van der Waals surface area (Å²) in [6, 6.07) is 6.65. The summed E-state index contributed by atoms with van der Waals surface area (Å²) in [7, 11) is 0. The summed E-state index contributed by atoms with van der Waals surface area (Å²) < 4.78 is 0. The van der Waals surface area contributed by atoms with Crippen molar-refractivity contribution >= 4 is 11.8 Å². The van der Waals surface area contributed by atoms with Gasteiger partial charge in [0, 0.05) is 18.7 Å². The molecule has 0 saturated carbocycles. The minimum absolute atomic E-state index is 0.00997. The number of carbonyl (C=O) groups is 2. The van der Waals surface area contributed by atoms with Crippen molar-refractivity contribution in [3.63, 3.8) is 0 Å². The zero-order valence-electron chi connectivity index (χ0n) is 13.7. The molecule has 2 unspecified atom stereocenters. The van der Waals surface area contributed by atoms with E-state index >= 15 is 0 Å². The SMILES string of the molecule is Cc1cccc(C(=O)NC(C(=O)NCC(C)CO)C(C)C)c1. The first-order valence-electron chi connectivity index (χ1n) is 7.61. The number of hydrogen-bond donors (Lipinski definition) is 3. The molecule has 5 nitrogen and oxygen atoms in total. The Labute approximate surface area is 132 Å². The van der Waals surface area contributed by atoms with E-state index in [9.17, 15) is 9.59 Å². The van der Waals surface area contributed by atoms with E-state index in [4.69, 9.17) is 5.11 Å². The number of benzene rings is 1. The van der Waals surface area contributed by atoms with Crippen molar-refractivity contribution in [2.24, 2.45) is 11.8 Å². The molecule has 0 aliphatic carbocycles. The molecule has 2 amide bonds. The second-order valence-corrected chi connectivity index (χ2v) is 6.10. The Morgan fingerprint density at radius 1 is 1.23 bits per heavy atom. The lowest BCUT2D eigenvalue weighted by molar-refractivity contribution is -0.124. The van der Waals surface area contributed by atoms with Crippen molar-refractivity contribution in [1.82, 2.24) is 10.6 Å². The van der Waals surface area contributed by atoms with E-state index in [0.717, 1.165) is 5.56 Å². The van der Waals surface area contributed by atoms with Crippen molar-refractivity contribution in [2.75, 3.05) is 13.2 Å². The Bertz CT molecular complexity index is 514. The topological polar surface area (TPSA) is 78.4 Å². The van der Waals surface area contributed by atoms with Gasteiger partial charge in [-0.15, -0.1) is 0 Å². The second-order valence-electron chi connectivity index (χ2n) is 6.10. The van der Waals surface area contributed by atoms with Crippen LogP contribution in [0.15, 0.2) is 24.3 Å². The van der Waals surface area contributed by atoms with Gasteiger partial charge < -0.3 is 15.7 Å². The number of aliphatic hydroxyl groups excluding tert-OH is 1. The maximum absolute atomic E-state index is 12.3. The molecule has 1 rings (SSSR count). The number of amides is 2. The van der Waals surface area contributed by atoms with Crippen LogP contribution in [0.25, 0.3) is 0 Å². The van der Waals surface area contributed by atoms with Gasteiger partial charge >= 0.3 is 0 Å². The summed E-state index contributed by atoms with van der Waals surface area (Å²) in [4.78, 5) is 24.5. The monoisotopic (exact) mass is 306 g/mol. The van der Waals surface area contributed by atoms with Crippen molar-refractivity contribution in [1.29, 1.82) is 0 Å². The van der Waals surface area contributed by atoms with Crippen molar-refractivity contribution in [3.05, 3.63) is 35.4 Å². The zero-order chi connectivity index (χ0) is 16.7. The van der Waals surface area contributed by atoms with Crippen molar-refractivity contribution in [3.8, 4) is 0 Å². The number of aliphatic hydroxyl groups is 1. The van der Waals surface area contributed by atoms with Gasteiger partial charge in [0.05, 0.1) is 0 Å². The Hall–Kier alpha value is -1.88. The normalized spacial score (nSPS) is 13.5. The summed E-state index contributed by atoms with van der Waals surface area (Å²) in [6.07, 6.45) is 0. The van der Waals surface area contributed by atoms with Crippen LogP contribution in [0.2, 0.25) is 0 Å². The van der Waals surface area contributed by atoms with Crippen LogP contribution in [-0.4, -0.2) is 36.1 Å². The molecule has 0 aliphatic rings.